The van der Waals surface area contributed by atoms with Crippen LogP contribution in [0.5, 0.6) is 0 Å². The molecule has 178 valence electrons. The second kappa shape index (κ2) is 10.0. The van der Waals surface area contributed by atoms with Crippen molar-refractivity contribution in [2.24, 2.45) is 5.73 Å². The Bertz CT molecular complexity index is 1200. The maximum Gasteiger partial charge on any atom is 0.416 e. The second-order valence-electron chi connectivity index (χ2n) is 8.01. The third-order valence-corrected chi connectivity index (χ3v) is 5.38. The molecule has 0 aliphatic carbocycles. The maximum atomic E-state index is 13.4. The standard InChI is InChI=1S/C24H24F3N5O2/c1-13(16-4-2-3-5-17(16)24(25,26)27)10-18(28)21-12-20(31-23(30)32-21)15-8-6-14(7-9-15)11-19(29)22(33)34/h2-9,12-13,19,28H,10-11,29H2,1H3,(H,33,34)(H2,30,31,32)/t13?,19-/m0/s1. The van der Waals surface area contributed by atoms with Crippen LogP contribution in [0.15, 0.2) is 54.6 Å². The van der Waals surface area contributed by atoms with Crippen molar-refractivity contribution < 1.29 is 23.1 Å². The lowest BCUT2D eigenvalue weighted by Crippen LogP contribution is -2.32. The van der Waals surface area contributed by atoms with Gasteiger partial charge in [-0.1, -0.05) is 49.4 Å². The monoisotopic (exact) mass is 471 g/mol. The van der Waals surface area contributed by atoms with Gasteiger partial charge >= 0.3 is 12.1 Å². The molecule has 1 aromatic heterocycles. The van der Waals surface area contributed by atoms with Crippen molar-refractivity contribution in [3.63, 3.8) is 0 Å². The first-order valence-electron chi connectivity index (χ1n) is 10.4. The summed E-state index contributed by atoms with van der Waals surface area (Å²) in [7, 11) is 0. The van der Waals surface area contributed by atoms with E-state index in [2.05, 4.69) is 9.97 Å². The van der Waals surface area contributed by atoms with E-state index < -0.39 is 29.7 Å². The van der Waals surface area contributed by atoms with Crippen LogP contribution in [0.1, 0.15) is 41.6 Å². The van der Waals surface area contributed by atoms with Crippen molar-refractivity contribution in [2.45, 2.75) is 37.9 Å². The summed E-state index contributed by atoms with van der Waals surface area (Å²) in [5.41, 5.74) is 12.9. The summed E-state index contributed by atoms with van der Waals surface area (Å²) in [6.07, 6.45) is -4.30. The maximum absolute atomic E-state index is 13.4. The number of nitrogens with two attached hydrogens (primary N) is 2. The Balaban J connectivity index is 1.81. The van der Waals surface area contributed by atoms with Gasteiger partial charge in [0.25, 0.3) is 0 Å². The Morgan fingerprint density at radius 1 is 1.12 bits per heavy atom. The molecule has 1 unspecified atom stereocenters. The summed E-state index contributed by atoms with van der Waals surface area (Å²) in [6.45, 7) is 1.63. The molecular formula is C24H24F3N5O2. The van der Waals surface area contributed by atoms with Crippen LogP contribution in [0.25, 0.3) is 11.3 Å². The molecule has 0 spiro atoms. The van der Waals surface area contributed by atoms with E-state index in [1.165, 1.54) is 12.1 Å². The molecule has 7 nitrogen and oxygen atoms in total. The molecule has 0 bridgehead atoms. The van der Waals surface area contributed by atoms with E-state index in [4.69, 9.17) is 22.0 Å². The Morgan fingerprint density at radius 3 is 2.38 bits per heavy atom. The number of carboxylic acid groups (broad SMARTS) is 1. The topological polar surface area (TPSA) is 139 Å². The minimum absolute atomic E-state index is 0.0228. The fraction of sp³-hybridized carbons (Fsp3) is 0.250. The van der Waals surface area contributed by atoms with Crippen LogP contribution in [0.2, 0.25) is 0 Å². The highest BCUT2D eigenvalue weighted by atomic mass is 19.4. The number of nitrogen functional groups attached to an aromatic ring is 1. The number of nitrogens with one attached hydrogen (secondary N) is 1. The van der Waals surface area contributed by atoms with Crippen LogP contribution in [0.3, 0.4) is 0 Å². The van der Waals surface area contributed by atoms with Crippen LogP contribution in [0, 0.1) is 5.41 Å². The van der Waals surface area contributed by atoms with Crippen molar-refractivity contribution >= 4 is 17.6 Å². The Hall–Kier alpha value is -3.79. The van der Waals surface area contributed by atoms with E-state index in [1.807, 2.05) is 0 Å². The molecule has 0 fully saturated rings. The highest BCUT2D eigenvalue weighted by Crippen LogP contribution is 2.36. The number of halogens is 3. The zero-order valence-electron chi connectivity index (χ0n) is 18.3. The van der Waals surface area contributed by atoms with E-state index in [9.17, 15) is 18.0 Å². The number of alkyl halides is 3. The summed E-state index contributed by atoms with van der Waals surface area (Å²) < 4.78 is 40.1. The van der Waals surface area contributed by atoms with Gasteiger partial charge in [-0.3, -0.25) is 4.79 Å². The molecule has 10 heteroatoms. The van der Waals surface area contributed by atoms with Gasteiger partial charge in [0.2, 0.25) is 5.95 Å². The van der Waals surface area contributed by atoms with Crippen molar-refractivity contribution in [3.05, 3.63) is 77.0 Å². The van der Waals surface area contributed by atoms with Gasteiger partial charge in [-0.05, 0) is 42.0 Å². The number of nitrogens with zero attached hydrogens (tertiary/aromatic N) is 2. The van der Waals surface area contributed by atoms with Crippen molar-refractivity contribution in [1.29, 1.82) is 5.41 Å². The average molecular weight is 471 g/mol. The molecule has 3 aromatic rings. The van der Waals surface area contributed by atoms with E-state index in [0.717, 1.165) is 11.6 Å². The molecule has 2 aromatic carbocycles. The fourth-order valence-corrected chi connectivity index (χ4v) is 3.63. The van der Waals surface area contributed by atoms with Gasteiger partial charge in [0.05, 0.1) is 22.7 Å². The number of rotatable bonds is 8. The van der Waals surface area contributed by atoms with Gasteiger partial charge in [0.1, 0.15) is 6.04 Å². The van der Waals surface area contributed by atoms with E-state index >= 15 is 0 Å². The molecule has 0 radical (unpaired) electrons. The highest BCUT2D eigenvalue weighted by molar-refractivity contribution is 5.98. The molecule has 1 heterocycles. The number of benzene rings is 2. The first-order chi connectivity index (χ1) is 16.0. The van der Waals surface area contributed by atoms with Gasteiger partial charge in [0, 0.05) is 5.56 Å². The largest absolute Gasteiger partial charge is 0.480 e. The molecule has 0 aliphatic heterocycles. The van der Waals surface area contributed by atoms with E-state index in [1.54, 1.807) is 43.3 Å². The van der Waals surface area contributed by atoms with Crippen LogP contribution >= 0.6 is 0 Å². The quantitative estimate of drug-likeness (QED) is 0.362. The third kappa shape index (κ3) is 5.96. The first kappa shape index (κ1) is 24.8. The summed E-state index contributed by atoms with van der Waals surface area (Å²) in [5, 5.41) is 17.4. The first-order valence-corrected chi connectivity index (χ1v) is 10.4. The number of hydrogen-bond acceptors (Lipinski definition) is 6. The summed E-state index contributed by atoms with van der Waals surface area (Å²) in [6, 6.07) is 12.7. The minimum atomic E-state index is -4.49. The van der Waals surface area contributed by atoms with Crippen LogP contribution < -0.4 is 11.5 Å². The normalized spacial score (nSPS) is 13.3. The number of aliphatic carboxylic acids is 1. The number of carboxylic acids is 1. The van der Waals surface area contributed by atoms with Crippen LogP contribution in [-0.2, 0) is 17.4 Å². The molecular weight excluding hydrogens is 447 g/mol. The summed E-state index contributed by atoms with van der Waals surface area (Å²) in [5.74, 6) is -1.75. The molecule has 2 atom stereocenters. The van der Waals surface area contributed by atoms with Crippen molar-refractivity contribution in [2.75, 3.05) is 5.73 Å². The molecule has 6 N–H and O–H groups in total. The Labute approximate surface area is 194 Å². The van der Waals surface area contributed by atoms with Gasteiger partial charge in [0.15, 0.2) is 0 Å². The molecule has 0 amide bonds. The van der Waals surface area contributed by atoms with Crippen LogP contribution in [-0.4, -0.2) is 32.8 Å². The predicted octanol–water partition coefficient (Wildman–Crippen LogP) is 4.26. The number of carbonyl (C=O) groups is 1. The lowest BCUT2D eigenvalue weighted by molar-refractivity contribution is -0.139. The Kier molecular flexibility index (Phi) is 7.31. The molecule has 0 saturated carbocycles. The fourth-order valence-electron chi connectivity index (χ4n) is 3.63. The molecule has 0 saturated heterocycles. The third-order valence-electron chi connectivity index (χ3n) is 5.38. The summed E-state index contributed by atoms with van der Waals surface area (Å²) >= 11 is 0. The number of hydrogen-bond donors (Lipinski definition) is 4. The highest BCUT2D eigenvalue weighted by Gasteiger charge is 2.34. The van der Waals surface area contributed by atoms with Crippen molar-refractivity contribution in [1.82, 2.24) is 9.97 Å². The number of anilines is 1. The van der Waals surface area contributed by atoms with Gasteiger partial charge in [-0.2, -0.15) is 13.2 Å². The van der Waals surface area contributed by atoms with Crippen molar-refractivity contribution in [3.8, 4) is 11.3 Å². The van der Waals surface area contributed by atoms with Gasteiger partial charge in [-0.15, -0.1) is 0 Å². The van der Waals surface area contributed by atoms with Crippen LogP contribution in [0.4, 0.5) is 19.1 Å². The molecule has 0 aliphatic rings. The second-order valence-corrected chi connectivity index (χ2v) is 8.01. The minimum Gasteiger partial charge on any atom is -0.480 e. The summed E-state index contributed by atoms with van der Waals surface area (Å²) in [4.78, 5) is 19.2. The number of aromatic nitrogens is 2. The molecule has 3 rings (SSSR count). The Morgan fingerprint density at radius 2 is 1.76 bits per heavy atom. The predicted molar refractivity (Wildman–Crippen MR) is 123 cm³/mol. The average Bonchev–Trinajstić information content (AvgIpc) is 2.78. The lowest BCUT2D eigenvalue weighted by atomic mass is 9.90. The SMILES string of the molecule is CC(CC(=N)c1cc(-c2ccc(C[C@H](N)C(=O)O)cc2)nc(N)n1)c1ccccc1C(F)(F)F. The smallest absolute Gasteiger partial charge is 0.416 e. The zero-order valence-corrected chi connectivity index (χ0v) is 18.3. The lowest BCUT2D eigenvalue weighted by Gasteiger charge is -2.18. The van der Waals surface area contributed by atoms with E-state index in [-0.39, 0.29) is 35.8 Å². The van der Waals surface area contributed by atoms with E-state index in [0.29, 0.717) is 11.3 Å². The van der Waals surface area contributed by atoms with Gasteiger partial charge in [-0.25, -0.2) is 9.97 Å². The molecule has 34 heavy (non-hydrogen) atoms. The van der Waals surface area contributed by atoms with Gasteiger partial charge < -0.3 is 22.0 Å². The zero-order chi connectivity index (χ0) is 25.0.